The number of alkyl halides is 1. The Balaban J connectivity index is 1.24. The van der Waals surface area contributed by atoms with E-state index in [4.69, 9.17) is 9.47 Å². The molecule has 5 rings (SSSR count). The van der Waals surface area contributed by atoms with Gasteiger partial charge in [0.15, 0.2) is 6.17 Å². The van der Waals surface area contributed by atoms with Crippen molar-refractivity contribution in [1.29, 1.82) is 0 Å². The SMILES string of the molecule is Cc1c(-c2ccc(O[C@@H]3CCN(C(=O)[C@H]4CCCO4)C[C@@H]3F)cc2)ccc2cccnc12. The van der Waals surface area contributed by atoms with Crippen molar-refractivity contribution in [3.8, 4) is 16.9 Å². The maximum Gasteiger partial charge on any atom is 0.251 e. The highest BCUT2D eigenvalue weighted by Crippen LogP contribution is 2.31. The number of halogens is 1. The van der Waals surface area contributed by atoms with Gasteiger partial charge in [-0.2, -0.15) is 0 Å². The maximum atomic E-state index is 14.8. The summed E-state index contributed by atoms with van der Waals surface area (Å²) in [6.07, 6.45) is 1.72. The van der Waals surface area contributed by atoms with Crippen LogP contribution in [-0.4, -0.2) is 53.9 Å². The second-order valence-corrected chi connectivity index (χ2v) is 8.58. The van der Waals surface area contributed by atoms with Crippen LogP contribution in [0, 0.1) is 6.92 Å². The largest absolute Gasteiger partial charge is 0.487 e. The Morgan fingerprint density at radius 1 is 1.16 bits per heavy atom. The Kier molecular flexibility index (Phi) is 5.79. The first-order valence-corrected chi connectivity index (χ1v) is 11.3. The fourth-order valence-corrected chi connectivity index (χ4v) is 4.68. The van der Waals surface area contributed by atoms with Crippen molar-refractivity contribution in [3.05, 3.63) is 60.3 Å². The molecule has 32 heavy (non-hydrogen) atoms. The molecular weight excluding hydrogens is 407 g/mol. The molecule has 2 aliphatic heterocycles. The van der Waals surface area contributed by atoms with Gasteiger partial charge in [-0.25, -0.2) is 4.39 Å². The number of benzene rings is 2. The van der Waals surface area contributed by atoms with Gasteiger partial charge in [0.05, 0.1) is 12.1 Å². The molecule has 0 unspecified atom stereocenters. The molecule has 3 aromatic rings. The van der Waals surface area contributed by atoms with Gasteiger partial charge in [-0.3, -0.25) is 9.78 Å². The Bertz CT molecular complexity index is 1110. The lowest BCUT2D eigenvalue weighted by molar-refractivity contribution is -0.144. The van der Waals surface area contributed by atoms with E-state index in [-0.39, 0.29) is 12.5 Å². The van der Waals surface area contributed by atoms with Gasteiger partial charge >= 0.3 is 0 Å². The molecule has 0 radical (unpaired) electrons. The van der Waals surface area contributed by atoms with Gasteiger partial charge in [0.2, 0.25) is 0 Å². The van der Waals surface area contributed by atoms with Crippen LogP contribution in [0.15, 0.2) is 54.7 Å². The average molecular weight is 435 g/mol. The number of rotatable bonds is 4. The van der Waals surface area contributed by atoms with E-state index in [1.165, 1.54) is 0 Å². The van der Waals surface area contributed by atoms with Gasteiger partial charge in [0.25, 0.3) is 5.91 Å². The first kappa shape index (κ1) is 20.9. The lowest BCUT2D eigenvalue weighted by atomic mass is 9.98. The minimum Gasteiger partial charge on any atom is -0.487 e. The van der Waals surface area contributed by atoms with E-state index in [0.29, 0.717) is 25.3 Å². The van der Waals surface area contributed by atoms with E-state index >= 15 is 0 Å². The molecule has 2 aromatic carbocycles. The molecule has 2 fully saturated rings. The third kappa shape index (κ3) is 4.07. The van der Waals surface area contributed by atoms with E-state index in [2.05, 4.69) is 30.1 Å². The summed E-state index contributed by atoms with van der Waals surface area (Å²) in [5, 5.41) is 1.12. The van der Waals surface area contributed by atoms with E-state index < -0.39 is 18.4 Å². The standard InChI is InChI=1S/C26H27FN2O3/c1-17-21(11-8-19-4-2-13-28-25(17)19)18-6-9-20(10-7-18)32-23-12-14-29(16-22(23)27)26(30)24-5-3-15-31-24/h2,4,6-11,13,22-24H,3,5,12,14-16H2,1H3/t22-,23+,24+/m0/s1. The summed E-state index contributed by atoms with van der Waals surface area (Å²) >= 11 is 0. The van der Waals surface area contributed by atoms with Crippen molar-refractivity contribution in [2.45, 2.75) is 44.6 Å². The number of pyridine rings is 1. The zero-order valence-corrected chi connectivity index (χ0v) is 18.2. The highest BCUT2D eigenvalue weighted by atomic mass is 19.1. The van der Waals surface area contributed by atoms with Crippen molar-refractivity contribution < 1.29 is 18.7 Å². The van der Waals surface area contributed by atoms with Crippen LogP contribution in [-0.2, 0) is 9.53 Å². The molecular formula is C26H27FN2O3. The van der Waals surface area contributed by atoms with Crippen LogP contribution < -0.4 is 4.74 Å². The van der Waals surface area contributed by atoms with Crippen molar-refractivity contribution >= 4 is 16.8 Å². The Morgan fingerprint density at radius 3 is 2.75 bits per heavy atom. The maximum absolute atomic E-state index is 14.8. The second-order valence-electron chi connectivity index (χ2n) is 8.58. The second kappa shape index (κ2) is 8.87. The van der Waals surface area contributed by atoms with Gasteiger partial charge < -0.3 is 14.4 Å². The molecule has 2 aliphatic rings. The van der Waals surface area contributed by atoms with Crippen LogP contribution in [0.2, 0.25) is 0 Å². The molecule has 1 amide bonds. The van der Waals surface area contributed by atoms with Gasteiger partial charge in [-0.05, 0) is 54.7 Å². The van der Waals surface area contributed by atoms with Gasteiger partial charge in [0.1, 0.15) is 18.0 Å². The number of ether oxygens (including phenoxy) is 2. The molecule has 0 aliphatic carbocycles. The highest BCUT2D eigenvalue weighted by Gasteiger charge is 2.36. The number of likely N-dealkylation sites (tertiary alicyclic amines) is 1. The molecule has 1 aromatic heterocycles. The number of carbonyl (C=O) groups is 1. The number of hydrogen-bond donors (Lipinski definition) is 0. The number of nitrogens with zero attached hydrogens (tertiary/aromatic N) is 2. The van der Waals surface area contributed by atoms with Crippen LogP contribution in [0.5, 0.6) is 5.75 Å². The fraction of sp³-hybridized carbons (Fsp3) is 0.385. The molecule has 0 bridgehead atoms. The van der Waals surface area contributed by atoms with Crippen LogP contribution in [0.3, 0.4) is 0 Å². The molecule has 5 nitrogen and oxygen atoms in total. The number of aryl methyl sites for hydroxylation is 1. The van der Waals surface area contributed by atoms with Crippen LogP contribution in [0.1, 0.15) is 24.8 Å². The van der Waals surface area contributed by atoms with E-state index in [9.17, 15) is 9.18 Å². The third-order valence-corrected chi connectivity index (χ3v) is 6.48. The van der Waals surface area contributed by atoms with Gasteiger partial charge in [0, 0.05) is 31.2 Å². The van der Waals surface area contributed by atoms with Gasteiger partial charge in [-0.1, -0.05) is 30.3 Å². The van der Waals surface area contributed by atoms with E-state index in [1.807, 2.05) is 36.5 Å². The molecule has 6 heteroatoms. The number of amides is 1. The molecule has 166 valence electrons. The topological polar surface area (TPSA) is 51.7 Å². The molecule has 3 heterocycles. The summed E-state index contributed by atoms with van der Waals surface area (Å²) in [5.74, 6) is 0.546. The van der Waals surface area contributed by atoms with Crippen molar-refractivity contribution in [3.63, 3.8) is 0 Å². The quantitative estimate of drug-likeness (QED) is 0.597. The van der Waals surface area contributed by atoms with Crippen molar-refractivity contribution in [1.82, 2.24) is 9.88 Å². The predicted molar refractivity (Wildman–Crippen MR) is 121 cm³/mol. The molecule has 2 saturated heterocycles. The third-order valence-electron chi connectivity index (χ3n) is 6.48. The van der Waals surface area contributed by atoms with E-state index in [1.54, 1.807) is 4.90 Å². The normalized spacial score (nSPS) is 23.4. The predicted octanol–water partition coefficient (Wildman–Crippen LogP) is 4.71. The smallest absolute Gasteiger partial charge is 0.251 e. The molecule has 0 saturated carbocycles. The summed E-state index contributed by atoms with van der Waals surface area (Å²) in [6.45, 7) is 3.24. The summed E-state index contributed by atoms with van der Waals surface area (Å²) in [5.41, 5.74) is 4.31. The Morgan fingerprint density at radius 2 is 2.00 bits per heavy atom. The molecule has 3 atom stereocenters. The van der Waals surface area contributed by atoms with Crippen molar-refractivity contribution in [2.75, 3.05) is 19.7 Å². The number of piperidine rings is 1. The van der Waals surface area contributed by atoms with Gasteiger partial charge in [-0.15, -0.1) is 0 Å². The lowest BCUT2D eigenvalue weighted by Crippen LogP contribution is -2.51. The highest BCUT2D eigenvalue weighted by molar-refractivity contribution is 5.88. The first-order valence-electron chi connectivity index (χ1n) is 11.3. The monoisotopic (exact) mass is 434 g/mol. The Hall–Kier alpha value is -2.99. The van der Waals surface area contributed by atoms with Crippen LogP contribution in [0.4, 0.5) is 4.39 Å². The van der Waals surface area contributed by atoms with E-state index in [0.717, 1.165) is 40.4 Å². The summed E-state index contributed by atoms with van der Waals surface area (Å²) in [4.78, 5) is 18.6. The summed E-state index contributed by atoms with van der Waals surface area (Å²) in [6, 6.07) is 15.9. The zero-order valence-electron chi connectivity index (χ0n) is 18.2. The Labute approximate surface area is 187 Å². The number of carbonyl (C=O) groups excluding carboxylic acids is 1. The van der Waals surface area contributed by atoms with Crippen LogP contribution >= 0.6 is 0 Å². The minimum atomic E-state index is -1.22. The zero-order chi connectivity index (χ0) is 22.1. The first-order chi connectivity index (χ1) is 15.6. The summed E-state index contributed by atoms with van der Waals surface area (Å²) in [7, 11) is 0. The number of aromatic nitrogens is 1. The number of fused-ring (bicyclic) bond motifs is 1. The number of hydrogen-bond acceptors (Lipinski definition) is 4. The lowest BCUT2D eigenvalue weighted by Gasteiger charge is -2.35. The average Bonchev–Trinajstić information content (AvgIpc) is 3.36. The minimum absolute atomic E-state index is 0.0602. The van der Waals surface area contributed by atoms with Crippen LogP contribution in [0.25, 0.3) is 22.0 Å². The molecule has 0 N–H and O–H groups in total. The summed E-state index contributed by atoms with van der Waals surface area (Å²) < 4.78 is 26.2. The fourth-order valence-electron chi connectivity index (χ4n) is 4.68. The molecule has 0 spiro atoms. The van der Waals surface area contributed by atoms with Crippen molar-refractivity contribution in [2.24, 2.45) is 0 Å².